The SMILES string of the molecule is CC1(C)c2ccccc2-c2ccc(N(c3ccc(-c4sc(-c5sc(/C=C(\C#N)C(=O)O)c6c5OCCO6)c5c4OCCO5)cc3)c3ccc4c(c3)C(C)(C)c3ccccc3-4)cc21. The number of rotatable bonds is 7. The summed E-state index contributed by atoms with van der Waals surface area (Å²) in [7, 11) is 0. The third kappa shape index (κ3) is 5.72. The number of hydrogen-bond donors (Lipinski definition) is 1. The molecular weight excluding hydrogens is 813 g/mol. The fourth-order valence-electron chi connectivity index (χ4n) is 9.65. The third-order valence-electron chi connectivity index (χ3n) is 12.7. The van der Waals surface area contributed by atoms with Crippen LogP contribution in [-0.4, -0.2) is 37.5 Å². The highest BCUT2D eigenvalue weighted by Crippen LogP contribution is 2.60. The molecule has 0 radical (unpaired) electrons. The van der Waals surface area contributed by atoms with E-state index in [0.29, 0.717) is 54.3 Å². The van der Waals surface area contributed by atoms with Gasteiger partial charge in [0.1, 0.15) is 38.1 Å². The Balaban J connectivity index is 1.03. The molecule has 4 aliphatic rings. The van der Waals surface area contributed by atoms with Gasteiger partial charge in [-0.3, -0.25) is 0 Å². The number of fused-ring (bicyclic) bond motifs is 8. The average Bonchev–Trinajstić information content (AvgIpc) is 3.99. The second-order valence-electron chi connectivity index (χ2n) is 16.9. The van der Waals surface area contributed by atoms with E-state index in [1.807, 2.05) is 0 Å². The maximum Gasteiger partial charge on any atom is 0.346 e. The molecule has 1 N–H and O–H groups in total. The van der Waals surface area contributed by atoms with Crippen LogP contribution in [0.2, 0.25) is 0 Å². The summed E-state index contributed by atoms with van der Waals surface area (Å²) in [4.78, 5) is 17.1. The Morgan fingerprint density at radius 1 is 0.597 bits per heavy atom. The summed E-state index contributed by atoms with van der Waals surface area (Å²) in [5.41, 5.74) is 13.8. The van der Waals surface area contributed by atoms with Gasteiger partial charge in [0.2, 0.25) is 0 Å². The van der Waals surface area contributed by atoms with Crippen LogP contribution in [-0.2, 0) is 15.6 Å². The number of carboxylic acids is 1. The van der Waals surface area contributed by atoms with Gasteiger partial charge in [0.25, 0.3) is 0 Å². The fourth-order valence-corrected chi connectivity index (χ4v) is 12.1. The molecule has 0 spiro atoms. The van der Waals surface area contributed by atoms with Crippen molar-refractivity contribution in [2.45, 2.75) is 38.5 Å². The molecule has 0 amide bonds. The molecule has 0 saturated carbocycles. The first kappa shape index (κ1) is 38.1. The molecule has 306 valence electrons. The first-order valence-corrected chi connectivity index (χ1v) is 22.3. The third-order valence-corrected chi connectivity index (χ3v) is 15.2. The zero-order valence-corrected chi connectivity index (χ0v) is 36.1. The van der Waals surface area contributed by atoms with E-state index >= 15 is 0 Å². The number of carbonyl (C=O) groups is 1. The van der Waals surface area contributed by atoms with Gasteiger partial charge in [0.05, 0.1) is 19.5 Å². The van der Waals surface area contributed by atoms with Gasteiger partial charge in [-0.2, -0.15) is 5.26 Å². The summed E-state index contributed by atoms with van der Waals surface area (Å²) in [5, 5.41) is 19.2. The van der Waals surface area contributed by atoms with E-state index in [2.05, 4.69) is 142 Å². The lowest BCUT2D eigenvalue weighted by atomic mass is 9.82. The van der Waals surface area contributed by atoms with Crippen LogP contribution in [0.15, 0.2) is 115 Å². The van der Waals surface area contributed by atoms with Gasteiger partial charge in [0.15, 0.2) is 23.0 Å². The van der Waals surface area contributed by atoms with Gasteiger partial charge in [-0.05, 0) is 92.5 Å². The van der Waals surface area contributed by atoms with Gasteiger partial charge in [-0.15, -0.1) is 22.7 Å². The minimum absolute atomic E-state index is 0.165. The van der Waals surface area contributed by atoms with Crippen molar-refractivity contribution < 1.29 is 28.8 Å². The summed E-state index contributed by atoms with van der Waals surface area (Å²) in [6, 6.07) is 41.7. The van der Waals surface area contributed by atoms with E-state index in [1.54, 1.807) is 6.07 Å². The summed E-state index contributed by atoms with van der Waals surface area (Å²) >= 11 is 2.84. The van der Waals surface area contributed by atoms with Gasteiger partial charge < -0.3 is 29.0 Å². The maximum absolute atomic E-state index is 11.8. The minimum Gasteiger partial charge on any atom is -0.485 e. The van der Waals surface area contributed by atoms with Crippen LogP contribution in [0.25, 0.3) is 48.5 Å². The Labute approximate surface area is 367 Å². The Morgan fingerprint density at radius 3 is 1.58 bits per heavy atom. The Morgan fingerprint density at radius 2 is 1.05 bits per heavy atom. The number of ether oxygens (including phenoxy) is 4. The minimum atomic E-state index is -1.31. The first-order chi connectivity index (χ1) is 30.0. The molecule has 5 aromatic carbocycles. The molecule has 0 saturated heterocycles. The Kier molecular flexibility index (Phi) is 8.69. The molecule has 2 aliphatic heterocycles. The zero-order valence-electron chi connectivity index (χ0n) is 34.5. The van der Waals surface area contributed by atoms with Gasteiger partial charge >= 0.3 is 5.97 Å². The molecule has 4 heterocycles. The lowest BCUT2D eigenvalue weighted by Crippen LogP contribution is -2.18. The molecule has 2 aromatic heterocycles. The summed E-state index contributed by atoms with van der Waals surface area (Å²) in [6.45, 7) is 10.7. The normalized spacial score (nSPS) is 15.8. The zero-order chi connectivity index (χ0) is 42.5. The van der Waals surface area contributed by atoms with Crippen LogP contribution in [0, 0.1) is 11.3 Å². The van der Waals surface area contributed by atoms with Crippen molar-refractivity contribution in [2.75, 3.05) is 31.3 Å². The van der Waals surface area contributed by atoms with Crippen LogP contribution in [0.1, 0.15) is 54.8 Å². The highest BCUT2D eigenvalue weighted by molar-refractivity contribution is 7.25. The molecule has 0 fully saturated rings. The Bertz CT molecular complexity index is 2990. The fraction of sp³-hybridized carbons (Fsp3) is 0.192. The van der Waals surface area contributed by atoms with E-state index in [4.69, 9.17) is 18.9 Å². The van der Waals surface area contributed by atoms with Crippen molar-refractivity contribution in [3.63, 3.8) is 0 Å². The quantitative estimate of drug-likeness (QED) is 0.125. The number of nitriles is 1. The molecule has 2 aliphatic carbocycles. The number of thiophene rings is 2. The predicted octanol–water partition coefficient (Wildman–Crippen LogP) is 12.8. The molecule has 11 rings (SSSR count). The van der Waals surface area contributed by atoms with Crippen LogP contribution in [0.3, 0.4) is 0 Å². The maximum atomic E-state index is 11.8. The monoisotopic (exact) mass is 852 g/mol. The molecule has 7 aromatic rings. The topological polar surface area (TPSA) is 101 Å². The molecule has 0 atom stereocenters. The summed E-state index contributed by atoms with van der Waals surface area (Å²) in [6.07, 6.45) is 1.34. The summed E-state index contributed by atoms with van der Waals surface area (Å²) < 4.78 is 24.8. The van der Waals surface area contributed by atoms with Gasteiger partial charge in [-0.1, -0.05) is 100 Å². The van der Waals surface area contributed by atoms with Crippen molar-refractivity contribution in [1.29, 1.82) is 5.26 Å². The van der Waals surface area contributed by atoms with Gasteiger partial charge in [-0.25, -0.2) is 4.79 Å². The highest BCUT2D eigenvalue weighted by atomic mass is 32.1. The van der Waals surface area contributed by atoms with E-state index < -0.39 is 5.97 Å². The number of anilines is 3. The molecule has 8 nitrogen and oxygen atoms in total. The number of aliphatic carboxylic acids is 1. The standard InChI is InChI=1S/C52H40N2O6S2/c1-51(2)38-11-7-5-9-34(38)36-19-17-32(26-40(36)51)54(33-18-20-37-35-10-6-8-12-39(35)52(3,4)41(37)27-33)31-15-13-29(14-16-31)47-45-46(60-24-23-59-45)49(62-47)48-44-43(57-21-22-58-44)42(61-48)25-30(28-53)50(55)56/h5-20,25-27H,21-24H2,1-4H3,(H,55,56)/b30-25+. The second kappa shape index (κ2) is 14.1. The molecule has 0 unspecified atom stereocenters. The molecule has 62 heavy (non-hydrogen) atoms. The second-order valence-corrected chi connectivity index (χ2v) is 19.0. The number of benzene rings is 5. The Hall–Kier alpha value is -6.80. The van der Waals surface area contributed by atoms with Crippen molar-refractivity contribution >= 4 is 51.8 Å². The van der Waals surface area contributed by atoms with Crippen molar-refractivity contribution in [3.05, 3.63) is 142 Å². The predicted molar refractivity (Wildman–Crippen MR) is 246 cm³/mol. The van der Waals surface area contributed by atoms with E-state index in [1.165, 1.54) is 73.3 Å². The molecule has 0 bridgehead atoms. The van der Waals surface area contributed by atoms with Crippen molar-refractivity contribution in [3.8, 4) is 71.5 Å². The average molecular weight is 853 g/mol. The lowest BCUT2D eigenvalue weighted by molar-refractivity contribution is -0.132. The lowest BCUT2D eigenvalue weighted by Gasteiger charge is -2.30. The van der Waals surface area contributed by atoms with Crippen LogP contribution in [0.5, 0.6) is 23.0 Å². The number of carboxylic acid groups (broad SMARTS) is 1. The van der Waals surface area contributed by atoms with E-state index in [9.17, 15) is 15.2 Å². The van der Waals surface area contributed by atoms with Crippen LogP contribution >= 0.6 is 22.7 Å². The smallest absolute Gasteiger partial charge is 0.346 e. The largest absolute Gasteiger partial charge is 0.485 e. The highest BCUT2D eigenvalue weighted by Gasteiger charge is 2.38. The first-order valence-electron chi connectivity index (χ1n) is 20.6. The van der Waals surface area contributed by atoms with E-state index in [0.717, 1.165) is 37.3 Å². The number of hydrogen-bond acceptors (Lipinski definition) is 9. The molecule has 10 heteroatoms. The molecular formula is C52H40N2O6S2. The number of nitrogens with zero attached hydrogens (tertiary/aromatic N) is 2. The van der Waals surface area contributed by atoms with Crippen molar-refractivity contribution in [1.82, 2.24) is 0 Å². The van der Waals surface area contributed by atoms with Crippen molar-refractivity contribution in [2.24, 2.45) is 0 Å². The van der Waals surface area contributed by atoms with Gasteiger partial charge in [0, 0.05) is 27.9 Å². The van der Waals surface area contributed by atoms with Crippen LogP contribution < -0.4 is 23.8 Å². The van der Waals surface area contributed by atoms with E-state index in [-0.39, 0.29) is 16.4 Å². The van der Waals surface area contributed by atoms with Crippen LogP contribution in [0.4, 0.5) is 17.1 Å². The summed E-state index contributed by atoms with van der Waals surface area (Å²) in [5.74, 6) is 0.887.